The molecule has 3 heteroatoms. The molecule has 0 fully saturated rings. The van der Waals surface area contributed by atoms with E-state index in [4.69, 9.17) is 5.73 Å². The van der Waals surface area contributed by atoms with E-state index >= 15 is 0 Å². The fraction of sp³-hybridized carbons (Fsp3) is 0.727. The Morgan fingerprint density at radius 3 is 2.64 bits per heavy atom. The molecule has 0 aliphatic carbocycles. The molecule has 1 unspecified atom stereocenters. The van der Waals surface area contributed by atoms with E-state index in [-0.39, 0.29) is 11.9 Å². The van der Waals surface area contributed by atoms with Crippen molar-refractivity contribution in [3.05, 3.63) is 11.6 Å². The predicted molar refractivity (Wildman–Crippen MR) is 59.9 cm³/mol. The molecule has 0 aromatic rings. The van der Waals surface area contributed by atoms with Crippen molar-refractivity contribution >= 4 is 5.91 Å². The number of rotatable bonds is 6. The normalized spacial score (nSPS) is 12.0. The van der Waals surface area contributed by atoms with E-state index in [1.807, 2.05) is 19.9 Å². The van der Waals surface area contributed by atoms with Gasteiger partial charge in [0, 0.05) is 19.0 Å². The number of allylic oxidation sites excluding steroid dienone is 1. The van der Waals surface area contributed by atoms with Crippen LogP contribution in [0.1, 0.15) is 40.0 Å². The molecule has 3 nitrogen and oxygen atoms in total. The number of carbonyl (C=O) groups is 1. The summed E-state index contributed by atoms with van der Waals surface area (Å²) in [4.78, 5) is 11.3. The summed E-state index contributed by atoms with van der Waals surface area (Å²) in [6.07, 6.45) is 4.37. The summed E-state index contributed by atoms with van der Waals surface area (Å²) in [7, 11) is 0. The van der Waals surface area contributed by atoms with Crippen molar-refractivity contribution in [1.29, 1.82) is 0 Å². The number of hydrogen-bond donors (Lipinski definition) is 2. The number of amides is 1. The Balaban J connectivity index is 3.60. The van der Waals surface area contributed by atoms with Crippen LogP contribution in [0.3, 0.4) is 0 Å². The minimum atomic E-state index is 0.00621. The smallest absolute Gasteiger partial charge is 0.221 e. The second-order valence-corrected chi connectivity index (χ2v) is 3.84. The molecule has 0 saturated carbocycles. The molecule has 3 N–H and O–H groups in total. The van der Waals surface area contributed by atoms with Gasteiger partial charge in [0.05, 0.1) is 0 Å². The van der Waals surface area contributed by atoms with Gasteiger partial charge in [-0.05, 0) is 20.3 Å². The van der Waals surface area contributed by atoms with Crippen molar-refractivity contribution in [2.24, 2.45) is 5.73 Å². The maximum atomic E-state index is 11.3. The molecule has 0 aliphatic heterocycles. The lowest BCUT2D eigenvalue weighted by atomic mass is 10.1. The Morgan fingerprint density at radius 1 is 1.50 bits per heavy atom. The van der Waals surface area contributed by atoms with Crippen molar-refractivity contribution in [1.82, 2.24) is 5.32 Å². The highest BCUT2D eigenvalue weighted by atomic mass is 16.1. The molecule has 0 aliphatic rings. The van der Waals surface area contributed by atoms with Crippen LogP contribution in [0, 0.1) is 0 Å². The van der Waals surface area contributed by atoms with E-state index in [0.29, 0.717) is 13.0 Å². The van der Waals surface area contributed by atoms with Crippen LogP contribution in [0.15, 0.2) is 11.6 Å². The van der Waals surface area contributed by atoms with Crippen molar-refractivity contribution < 1.29 is 4.79 Å². The number of nitrogens with two attached hydrogens (primary N) is 1. The third kappa shape index (κ3) is 7.80. The maximum absolute atomic E-state index is 11.3. The minimum Gasteiger partial charge on any atom is -0.353 e. The van der Waals surface area contributed by atoms with Crippen LogP contribution in [0.5, 0.6) is 0 Å². The SMILES string of the molecule is CCCC(N)CC(=O)NCC=C(C)C. The third-order valence-electron chi connectivity index (χ3n) is 1.92. The van der Waals surface area contributed by atoms with Crippen molar-refractivity contribution in [2.75, 3.05) is 6.54 Å². The molecule has 0 saturated heterocycles. The van der Waals surface area contributed by atoms with E-state index in [1.54, 1.807) is 0 Å². The van der Waals surface area contributed by atoms with Crippen LogP contribution in [0.25, 0.3) is 0 Å². The molecule has 0 rings (SSSR count). The lowest BCUT2D eigenvalue weighted by Gasteiger charge is -2.09. The Kier molecular flexibility index (Phi) is 7.11. The molecule has 0 spiro atoms. The molecule has 14 heavy (non-hydrogen) atoms. The van der Waals surface area contributed by atoms with Gasteiger partial charge in [-0.3, -0.25) is 4.79 Å². The first-order valence-electron chi connectivity index (χ1n) is 5.22. The monoisotopic (exact) mass is 198 g/mol. The second-order valence-electron chi connectivity index (χ2n) is 3.84. The number of nitrogens with one attached hydrogen (secondary N) is 1. The van der Waals surface area contributed by atoms with Gasteiger partial charge in [0.1, 0.15) is 0 Å². The molecule has 1 amide bonds. The first-order chi connectivity index (χ1) is 6.56. The molecule has 0 bridgehead atoms. The van der Waals surface area contributed by atoms with E-state index in [1.165, 1.54) is 5.57 Å². The van der Waals surface area contributed by atoms with Crippen molar-refractivity contribution in [3.8, 4) is 0 Å². The summed E-state index contributed by atoms with van der Waals surface area (Å²) in [6, 6.07) is 0.00621. The Bertz CT molecular complexity index is 195. The summed E-state index contributed by atoms with van der Waals surface area (Å²) < 4.78 is 0. The molecule has 0 heterocycles. The summed E-state index contributed by atoms with van der Waals surface area (Å²) in [5.41, 5.74) is 6.95. The molecule has 0 radical (unpaired) electrons. The quantitative estimate of drug-likeness (QED) is 0.637. The zero-order chi connectivity index (χ0) is 11.0. The Hall–Kier alpha value is -0.830. The van der Waals surface area contributed by atoms with Gasteiger partial charge in [-0.2, -0.15) is 0 Å². The van der Waals surface area contributed by atoms with Gasteiger partial charge in [0.25, 0.3) is 0 Å². The van der Waals surface area contributed by atoms with Gasteiger partial charge in [-0.1, -0.05) is 25.0 Å². The summed E-state index contributed by atoms with van der Waals surface area (Å²) in [5, 5.41) is 2.81. The van der Waals surface area contributed by atoms with E-state index < -0.39 is 0 Å². The minimum absolute atomic E-state index is 0.00621. The van der Waals surface area contributed by atoms with E-state index in [2.05, 4.69) is 12.2 Å². The van der Waals surface area contributed by atoms with E-state index in [0.717, 1.165) is 12.8 Å². The van der Waals surface area contributed by atoms with Crippen LogP contribution in [-0.4, -0.2) is 18.5 Å². The highest BCUT2D eigenvalue weighted by molar-refractivity contribution is 5.76. The van der Waals surface area contributed by atoms with Crippen molar-refractivity contribution in [3.63, 3.8) is 0 Å². The molecule has 1 atom stereocenters. The van der Waals surface area contributed by atoms with Crippen LogP contribution >= 0.6 is 0 Å². The van der Waals surface area contributed by atoms with Gasteiger partial charge >= 0.3 is 0 Å². The average molecular weight is 198 g/mol. The topological polar surface area (TPSA) is 55.1 Å². The highest BCUT2D eigenvalue weighted by Crippen LogP contribution is 1.97. The fourth-order valence-corrected chi connectivity index (χ4v) is 1.15. The average Bonchev–Trinajstić information content (AvgIpc) is 2.03. The van der Waals surface area contributed by atoms with Gasteiger partial charge in [-0.25, -0.2) is 0 Å². The summed E-state index contributed by atoms with van der Waals surface area (Å²) in [5.74, 6) is 0.0449. The largest absolute Gasteiger partial charge is 0.353 e. The molecular weight excluding hydrogens is 176 g/mol. The Labute approximate surface area is 86.8 Å². The van der Waals surface area contributed by atoms with Gasteiger partial charge in [-0.15, -0.1) is 0 Å². The van der Waals surface area contributed by atoms with Gasteiger partial charge < -0.3 is 11.1 Å². The highest BCUT2D eigenvalue weighted by Gasteiger charge is 2.06. The van der Waals surface area contributed by atoms with Crippen molar-refractivity contribution in [2.45, 2.75) is 46.1 Å². The van der Waals surface area contributed by atoms with Gasteiger partial charge in [0.2, 0.25) is 5.91 Å². The lowest BCUT2D eigenvalue weighted by Crippen LogP contribution is -2.31. The summed E-state index contributed by atoms with van der Waals surface area (Å²) in [6.45, 7) is 6.70. The molecule has 82 valence electrons. The van der Waals surface area contributed by atoms with Crippen LogP contribution in [0.4, 0.5) is 0 Å². The molecule has 0 aromatic carbocycles. The van der Waals surface area contributed by atoms with E-state index in [9.17, 15) is 4.79 Å². The van der Waals surface area contributed by atoms with Crippen LogP contribution < -0.4 is 11.1 Å². The number of carbonyl (C=O) groups excluding carboxylic acids is 1. The standard InChI is InChI=1S/C11H22N2O/c1-4-5-10(12)8-11(14)13-7-6-9(2)3/h6,10H,4-5,7-8,12H2,1-3H3,(H,13,14). The summed E-state index contributed by atoms with van der Waals surface area (Å²) >= 11 is 0. The van der Waals surface area contributed by atoms with Crippen LogP contribution in [-0.2, 0) is 4.79 Å². The zero-order valence-electron chi connectivity index (χ0n) is 9.47. The second kappa shape index (κ2) is 7.56. The van der Waals surface area contributed by atoms with Gasteiger partial charge in [0.15, 0.2) is 0 Å². The fourth-order valence-electron chi connectivity index (χ4n) is 1.15. The van der Waals surface area contributed by atoms with Crippen LogP contribution in [0.2, 0.25) is 0 Å². The predicted octanol–water partition coefficient (Wildman–Crippen LogP) is 1.59. The third-order valence-corrected chi connectivity index (χ3v) is 1.92. The molecule has 0 aromatic heterocycles. The first-order valence-corrected chi connectivity index (χ1v) is 5.22. The maximum Gasteiger partial charge on any atom is 0.221 e. The first kappa shape index (κ1) is 13.2. The Morgan fingerprint density at radius 2 is 2.14 bits per heavy atom. The number of hydrogen-bond acceptors (Lipinski definition) is 2. The zero-order valence-corrected chi connectivity index (χ0v) is 9.47. The lowest BCUT2D eigenvalue weighted by molar-refractivity contribution is -0.121. The molecular formula is C11H22N2O.